The van der Waals surface area contributed by atoms with E-state index >= 15 is 0 Å². The number of aromatic nitrogens is 4. The summed E-state index contributed by atoms with van der Waals surface area (Å²) in [6.45, 7) is 1.15. The van der Waals surface area contributed by atoms with E-state index in [2.05, 4.69) is 19.9 Å². The van der Waals surface area contributed by atoms with Crippen molar-refractivity contribution in [2.45, 2.75) is 24.9 Å². The van der Waals surface area contributed by atoms with Crippen molar-refractivity contribution in [1.82, 2.24) is 19.9 Å². The van der Waals surface area contributed by atoms with Gasteiger partial charge in [-0.1, -0.05) is 11.6 Å². The van der Waals surface area contributed by atoms with E-state index in [1.165, 1.54) is 6.33 Å². The molecule has 0 radical (unpaired) electrons. The lowest BCUT2D eigenvalue weighted by atomic mass is 9.97. The number of alkyl halides is 3. The summed E-state index contributed by atoms with van der Waals surface area (Å²) in [5.74, 6) is 0.829. The van der Waals surface area contributed by atoms with Gasteiger partial charge in [-0.3, -0.25) is 0 Å². The smallest absolute Gasteiger partial charge is 0.382 e. The number of halogens is 4. The third-order valence-corrected chi connectivity index (χ3v) is 4.17. The van der Waals surface area contributed by atoms with Gasteiger partial charge in [0.1, 0.15) is 28.7 Å². The molecule has 0 aromatic carbocycles. The molecule has 2 aromatic heterocycles. The second-order valence-corrected chi connectivity index (χ2v) is 5.74. The topological polar surface area (TPSA) is 83.7 Å². The number of rotatable bonds is 2. The Morgan fingerprint density at radius 2 is 2.09 bits per heavy atom. The van der Waals surface area contributed by atoms with Crippen LogP contribution in [0.15, 0.2) is 12.5 Å². The number of anilines is 2. The van der Waals surface area contributed by atoms with Crippen molar-refractivity contribution >= 4 is 23.2 Å². The van der Waals surface area contributed by atoms with E-state index in [-0.39, 0.29) is 16.8 Å². The van der Waals surface area contributed by atoms with Crippen LogP contribution in [-0.4, -0.2) is 33.0 Å². The number of aromatic amines is 1. The van der Waals surface area contributed by atoms with Gasteiger partial charge >= 0.3 is 6.18 Å². The molecule has 1 fully saturated rings. The van der Waals surface area contributed by atoms with Crippen molar-refractivity contribution in [3.8, 4) is 0 Å². The Labute approximate surface area is 134 Å². The number of H-pyrrole nitrogens is 1. The summed E-state index contributed by atoms with van der Waals surface area (Å²) in [6, 6.07) is 0. The minimum atomic E-state index is -4.43. The first-order valence-corrected chi connectivity index (χ1v) is 7.37. The zero-order valence-corrected chi connectivity index (χ0v) is 12.7. The third-order valence-electron chi connectivity index (χ3n) is 3.81. The molecular weight excluding hydrogens is 333 g/mol. The molecule has 6 nitrogen and oxygen atoms in total. The van der Waals surface area contributed by atoms with Crippen molar-refractivity contribution in [2.24, 2.45) is 0 Å². The van der Waals surface area contributed by atoms with Crippen molar-refractivity contribution < 1.29 is 13.2 Å². The standard InChI is InChI=1S/C13H14ClF3N6/c14-9-10(18)20-6-21-12(9)23-3-1-2-7(5-23)11-19-4-8(22-11)13(15,16)17/h4,6-7H,1-3,5H2,(H,19,22)(H2,18,20,21)/t7-/m0/s1. The number of nitrogens with two attached hydrogens (primary N) is 1. The maximum absolute atomic E-state index is 12.7. The molecule has 3 heterocycles. The summed E-state index contributed by atoms with van der Waals surface area (Å²) >= 11 is 6.12. The highest BCUT2D eigenvalue weighted by molar-refractivity contribution is 6.35. The van der Waals surface area contributed by atoms with Crippen LogP contribution in [0.4, 0.5) is 24.8 Å². The van der Waals surface area contributed by atoms with E-state index < -0.39 is 11.9 Å². The van der Waals surface area contributed by atoms with E-state index in [1.807, 2.05) is 4.90 Å². The largest absolute Gasteiger partial charge is 0.432 e. The number of nitrogen functional groups attached to an aromatic ring is 1. The lowest BCUT2D eigenvalue weighted by Gasteiger charge is -2.33. The quantitative estimate of drug-likeness (QED) is 0.873. The van der Waals surface area contributed by atoms with Gasteiger partial charge in [-0.05, 0) is 12.8 Å². The second-order valence-electron chi connectivity index (χ2n) is 5.36. The molecule has 10 heteroatoms. The Balaban J connectivity index is 1.81. The number of nitrogens with zero attached hydrogens (tertiary/aromatic N) is 4. The van der Waals surface area contributed by atoms with Crippen LogP contribution in [0.3, 0.4) is 0 Å². The monoisotopic (exact) mass is 346 g/mol. The van der Waals surface area contributed by atoms with Crippen LogP contribution in [0.2, 0.25) is 5.02 Å². The van der Waals surface area contributed by atoms with Gasteiger partial charge in [0.15, 0.2) is 5.82 Å². The second kappa shape index (κ2) is 5.88. The summed E-state index contributed by atoms with van der Waals surface area (Å²) in [5, 5.41) is 0.253. The first-order valence-electron chi connectivity index (χ1n) is 6.99. The van der Waals surface area contributed by atoms with E-state index in [1.54, 1.807) is 0 Å². The zero-order valence-electron chi connectivity index (χ0n) is 11.9. The lowest BCUT2D eigenvalue weighted by molar-refractivity contribution is -0.141. The van der Waals surface area contributed by atoms with Crippen LogP contribution in [-0.2, 0) is 6.18 Å². The highest BCUT2D eigenvalue weighted by atomic mass is 35.5. The fourth-order valence-electron chi connectivity index (χ4n) is 2.67. The van der Waals surface area contributed by atoms with Crippen LogP contribution in [0.5, 0.6) is 0 Å². The molecule has 1 saturated heterocycles. The molecule has 0 unspecified atom stereocenters. The third kappa shape index (κ3) is 3.19. The molecule has 3 N–H and O–H groups in total. The molecule has 2 aromatic rings. The molecule has 0 aliphatic carbocycles. The highest BCUT2D eigenvalue weighted by Gasteiger charge is 2.34. The van der Waals surface area contributed by atoms with Gasteiger partial charge in [0.2, 0.25) is 0 Å². The minimum absolute atomic E-state index is 0.160. The fraction of sp³-hybridized carbons (Fsp3) is 0.462. The molecule has 124 valence electrons. The van der Waals surface area contributed by atoms with Crippen molar-refractivity contribution in [2.75, 3.05) is 23.7 Å². The average Bonchev–Trinajstić information content (AvgIpc) is 3.00. The average molecular weight is 347 g/mol. The molecule has 3 rings (SSSR count). The van der Waals surface area contributed by atoms with Crippen molar-refractivity contribution in [1.29, 1.82) is 0 Å². The molecule has 1 aliphatic rings. The minimum Gasteiger partial charge on any atom is -0.382 e. The van der Waals surface area contributed by atoms with E-state index in [9.17, 15) is 13.2 Å². The predicted octanol–water partition coefficient (Wildman–Crippen LogP) is 2.84. The van der Waals surface area contributed by atoms with Crippen LogP contribution in [0, 0.1) is 0 Å². The highest BCUT2D eigenvalue weighted by Crippen LogP contribution is 2.34. The molecule has 1 atom stereocenters. The molecule has 0 bridgehead atoms. The fourth-order valence-corrected chi connectivity index (χ4v) is 2.89. The van der Waals surface area contributed by atoms with Crippen molar-refractivity contribution in [3.63, 3.8) is 0 Å². The molecule has 0 saturated carbocycles. The number of nitrogens with one attached hydrogen (secondary N) is 1. The maximum atomic E-state index is 12.7. The van der Waals surface area contributed by atoms with Crippen LogP contribution < -0.4 is 10.6 Å². The van der Waals surface area contributed by atoms with E-state index in [0.717, 1.165) is 19.0 Å². The van der Waals surface area contributed by atoms with Gasteiger partial charge in [-0.15, -0.1) is 0 Å². The lowest BCUT2D eigenvalue weighted by Crippen LogP contribution is -2.35. The van der Waals surface area contributed by atoms with Crippen LogP contribution in [0.1, 0.15) is 30.3 Å². The van der Waals surface area contributed by atoms with Gasteiger partial charge < -0.3 is 15.6 Å². The molecule has 23 heavy (non-hydrogen) atoms. The first-order chi connectivity index (χ1) is 10.9. The number of imidazole rings is 1. The summed E-state index contributed by atoms with van der Waals surface area (Å²) < 4.78 is 38.0. The maximum Gasteiger partial charge on any atom is 0.432 e. The number of piperidine rings is 1. The van der Waals surface area contributed by atoms with Gasteiger partial charge in [-0.2, -0.15) is 13.2 Å². The Hall–Kier alpha value is -2.03. The van der Waals surface area contributed by atoms with E-state index in [0.29, 0.717) is 24.7 Å². The summed E-state index contributed by atoms with van der Waals surface area (Å²) in [4.78, 5) is 16.1. The molecule has 0 spiro atoms. The predicted molar refractivity (Wildman–Crippen MR) is 79.2 cm³/mol. The van der Waals surface area contributed by atoms with Crippen LogP contribution in [0.25, 0.3) is 0 Å². The van der Waals surface area contributed by atoms with Gasteiger partial charge in [0.25, 0.3) is 0 Å². The summed E-state index contributed by atoms with van der Waals surface area (Å²) in [5.41, 5.74) is 4.83. The molecule has 1 aliphatic heterocycles. The van der Waals surface area contributed by atoms with Gasteiger partial charge in [0.05, 0.1) is 6.20 Å². The molecule has 0 amide bonds. The Kier molecular flexibility index (Phi) is 4.05. The van der Waals surface area contributed by atoms with Crippen molar-refractivity contribution in [3.05, 3.63) is 29.1 Å². The van der Waals surface area contributed by atoms with Gasteiger partial charge in [0, 0.05) is 19.0 Å². The SMILES string of the molecule is Nc1ncnc(N2CCC[C@H](c3ncc(C(F)(F)F)[nH]3)C2)c1Cl. The summed E-state index contributed by atoms with van der Waals surface area (Å²) in [6.07, 6.45) is -0.769. The molecular formula is C13H14ClF3N6. The first kappa shape index (κ1) is 15.9. The Morgan fingerprint density at radius 1 is 1.30 bits per heavy atom. The number of hydrogen-bond donors (Lipinski definition) is 2. The zero-order chi connectivity index (χ0) is 16.6. The summed E-state index contributed by atoms with van der Waals surface area (Å²) in [7, 11) is 0. The van der Waals surface area contributed by atoms with E-state index in [4.69, 9.17) is 17.3 Å². The number of hydrogen-bond acceptors (Lipinski definition) is 5. The Bertz CT molecular complexity index is 701. The normalized spacial score (nSPS) is 19.1. The van der Waals surface area contributed by atoms with Crippen LogP contribution >= 0.6 is 11.6 Å². The van der Waals surface area contributed by atoms with Gasteiger partial charge in [-0.25, -0.2) is 15.0 Å². The Morgan fingerprint density at radius 3 is 2.78 bits per heavy atom.